The quantitative estimate of drug-likeness (QED) is 0.369. The maximum atomic E-state index is 11.8. The molecule has 100 valence electrons. The Morgan fingerprint density at radius 2 is 2.12 bits per heavy atom. The van der Waals surface area contributed by atoms with Crippen molar-refractivity contribution in [3.63, 3.8) is 0 Å². The second-order valence-electron chi connectivity index (χ2n) is 4.15. The Labute approximate surface area is 109 Å². The van der Waals surface area contributed by atoms with Gasteiger partial charge >= 0.3 is 0 Å². The van der Waals surface area contributed by atoms with Crippen molar-refractivity contribution >= 4 is 18.5 Å². The van der Waals surface area contributed by atoms with E-state index in [0.29, 0.717) is 18.2 Å². The lowest BCUT2D eigenvalue weighted by Gasteiger charge is -2.23. The molecule has 0 spiro atoms. The molecule has 0 aromatic rings. The molecule has 4 N–H and O–H groups in total. The minimum absolute atomic E-state index is 0.0933. The zero-order valence-corrected chi connectivity index (χ0v) is 11.6. The Bertz CT molecular complexity index is 259. The van der Waals surface area contributed by atoms with E-state index < -0.39 is 6.04 Å². The van der Waals surface area contributed by atoms with Crippen LogP contribution >= 0.6 is 12.6 Å². The third kappa shape index (κ3) is 5.95. The smallest absolute Gasteiger partial charge is 0.237 e. The van der Waals surface area contributed by atoms with Crippen molar-refractivity contribution in [2.75, 3.05) is 19.6 Å². The number of carbonyl (C=O) groups excluding carboxylic acids is 1. The maximum Gasteiger partial charge on any atom is 0.237 e. The largest absolute Gasteiger partial charge is 0.365 e. The minimum atomic E-state index is -0.521. The molecule has 0 radical (unpaired) electrons. The normalized spacial score (nSPS) is 14.2. The van der Waals surface area contributed by atoms with E-state index in [-0.39, 0.29) is 17.9 Å². The van der Waals surface area contributed by atoms with E-state index in [2.05, 4.69) is 29.8 Å². The summed E-state index contributed by atoms with van der Waals surface area (Å²) in [5.74, 6) is 0.349. The van der Waals surface area contributed by atoms with Crippen LogP contribution in [0.25, 0.3) is 0 Å². The summed E-state index contributed by atoms with van der Waals surface area (Å²) in [5.41, 5.74) is 6.41. The molecule has 17 heavy (non-hydrogen) atoms. The van der Waals surface area contributed by atoms with E-state index in [1.54, 1.807) is 7.11 Å². The van der Waals surface area contributed by atoms with E-state index in [1.165, 1.54) is 0 Å². The number of amides is 1. The van der Waals surface area contributed by atoms with Gasteiger partial charge in [0, 0.05) is 18.6 Å². The van der Waals surface area contributed by atoms with E-state index in [9.17, 15) is 4.79 Å². The van der Waals surface area contributed by atoms with E-state index in [4.69, 9.17) is 10.5 Å². The third-order valence-corrected chi connectivity index (χ3v) is 2.75. The van der Waals surface area contributed by atoms with E-state index >= 15 is 0 Å². The van der Waals surface area contributed by atoms with Crippen LogP contribution in [0, 0.1) is 5.92 Å². The van der Waals surface area contributed by atoms with Crippen molar-refractivity contribution in [1.29, 1.82) is 0 Å². The van der Waals surface area contributed by atoms with Crippen LogP contribution in [0.15, 0.2) is 12.3 Å². The molecule has 0 aromatic carbocycles. The molecule has 0 rings (SSSR count). The number of nitrogens with two attached hydrogens (primary N) is 1. The first kappa shape index (κ1) is 16.3. The molecule has 0 fully saturated rings. The average molecular weight is 261 g/mol. The van der Waals surface area contributed by atoms with Gasteiger partial charge in [-0.25, -0.2) is 0 Å². The molecule has 0 aliphatic carbocycles. The van der Waals surface area contributed by atoms with Gasteiger partial charge in [-0.3, -0.25) is 4.79 Å². The van der Waals surface area contributed by atoms with Gasteiger partial charge in [-0.2, -0.15) is 12.6 Å². The molecule has 5 nitrogen and oxygen atoms in total. The fourth-order valence-electron chi connectivity index (χ4n) is 1.10. The van der Waals surface area contributed by atoms with Gasteiger partial charge in [0.05, 0.1) is 12.1 Å². The van der Waals surface area contributed by atoms with Crippen LogP contribution in [-0.4, -0.2) is 37.6 Å². The van der Waals surface area contributed by atoms with Crippen molar-refractivity contribution < 1.29 is 9.53 Å². The zero-order chi connectivity index (χ0) is 13.4. The third-order valence-electron chi connectivity index (χ3n) is 2.38. The standard InChI is InChI=1S/C11H23N3O2S/c1-7(2)10(12)11(15)14-9(5-17)8(3)13-6-16-4/h7,9-10,13,17H,3,5-6,12H2,1-2,4H3,(H,14,15). The summed E-state index contributed by atoms with van der Waals surface area (Å²) in [6.07, 6.45) is 0. The van der Waals surface area contributed by atoms with Crippen LogP contribution in [-0.2, 0) is 9.53 Å². The Hall–Kier alpha value is -0.720. The summed E-state index contributed by atoms with van der Waals surface area (Å²) in [5, 5.41) is 5.73. The lowest BCUT2D eigenvalue weighted by atomic mass is 10.0. The van der Waals surface area contributed by atoms with Crippen molar-refractivity contribution in [3.8, 4) is 0 Å². The van der Waals surface area contributed by atoms with E-state index in [1.807, 2.05) is 13.8 Å². The van der Waals surface area contributed by atoms with Gasteiger partial charge in [-0.1, -0.05) is 20.4 Å². The molecule has 0 aromatic heterocycles. The molecule has 0 saturated heterocycles. The Kier molecular flexibility index (Phi) is 8.03. The van der Waals surface area contributed by atoms with Crippen molar-refractivity contribution in [3.05, 3.63) is 12.3 Å². The van der Waals surface area contributed by atoms with Crippen LogP contribution in [0.1, 0.15) is 13.8 Å². The highest BCUT2D eigenvalue weighted by Gasteiger charge is 2.21. The van der Waals surface area contributed by atoms with Crippen LogP contribution in [0.5, 0.6) is 0 Å². The summed E-state index contributed by atoms with van der Waals surface area (Å²) >= 11 is 4.17. The average Bonchev–Trinajstić information content (AvgIpc) is 2.31. The molecule has 2 atom stereocenters. The summed E-state index contributed by atoms with van der Waals surface area (Å²) in [7, 11) is 1.57. The molecule has 0 aliphatic heterocycles. The molecule has 0 saturated carbocycles. The molecule has 0 bridgehead atoms. The van der Waals surface area contributed by atoms with Crippen molar-refractivity contribution in [2.24, 2.45) is 11.7 Å². The second kappa shape index (κ2) is 8.38. The number of methoxy groups -OCH3 is 1. The second-order valence-corrected chi connectivity index (χ2v) is 4.51. The van der Waals surface area contributed by atoms with Crippen molar-refractivity contribution in [1.82, 2.24) is 10.6 Å². The highest BCUT2D eigenvalue weighted by atomic mass is 32.1. The minimum Gasteiger partial charge on any atom is -0.365 e. The van der Waals surface area contributed by atoms with Gasteiger partial charge in [-0.15, -0.1) is 0 Å². The first-order valence-corrected chi connectivity index (χ1v) is 6.15. The topological polar surface area (TPSA) is 76.4 Å². The van der Waals surface area contributed by atoms with Gasteiger partial charge in [0.15, 0.2) is 0 Å². The fourth-order valence-corrected chi connectivity index (χ4v) is 1.41. The number of carbonyl (C=O) groups is 1. The number of thiol groups is 1. The predicted octanol–water partition coefficient (Wildman–Crippen LogP) is 0.0915. The van der Waals surface area contributed by atoms with Crippen LogP contribution in [0.2, 0.25) is 0 Å². The van der Waals surface area contributed by atoms with Crippen LogP contribution in [0.4, 0.5) is 0 Å². The highest BCUT2D eigenvalue weighted by Crippen LogP contribution is 2.02. The van der Waals surface area contributed by atoms with Gasteiger partial charge < -0.3 is 21.1 Å². The summed E-state index contributed by atoms with van der Waals surface area (Å²) in [6, 6.07) is -0.779. The maximum absolute atomic E-state index is 11.8. The summed E-state index contributed by atoms with van der Waals surface area (Å²) in [4.78, 5) is 11.8. The van der Waals surface area contributed by atoms with Gasteiger partial charge in [0.2, 0.25) is 5.91 Å². The number of rotatable bonds is 8. The Morgan fingerprint density at radius 1 is 1.53 bits per heavy atom. The summed E-state index contributed by atoms with van der Waals surface area (Å²) < 4.78 is 4.86. The first-order valence-electron chi connectivity index (χ1n) is 5.52. The summed E-state index contributed by atoms with van der Waals surface area (Å²) in [6.45, 7) is 7.97. The van der Waals surface area contributed by atoms with Gasteiger partial charge in [-0.05, 0) is 5.92 Å². The molecular weight excluding hydrogens is 238 g/mol. The fraction of sp³-hybridized carbons (Fsp3) is 0.727. The Morgan fingerprint density at radius 3 is 2.53 bits per heavy atom. The number of ether oxygens (including phenoxy) is 1. The molecule has 1 amide bonds. The lowest BCUT2D eigenvalue weighted by molar-refractivity contribution is -0.123. The van der Waals surface area contributed by atoms with Crippen LogP contribution in [0.3, 0.4) is 0 Å². The Balaban J connectivity index is 4.29. The zero-order valence-electron chi connectivity index (χ0n) is 10.7. The number of nitrogens with one attached hydrogen (secondary N) is 2. The van der Waals surface area contributed by atoms with Crippen LogP contribution < -0.4 is 16.4 Å². The van der Waals surface area contributed by atoms with Gasteiger partial charge in [0.25, 0.3) is 0 Å². The number of hydrogen-bond donors (Lipinski definition) is 4. The first-order chi connectivity index (χ1) is 7.93. The van der Waals surface area contributed by atoms with Gasteiger partial charge in [0.1, 0.15) is 6.73 Å². The SMILES string of the molecule is C=C(NCOC)C(CS)NC(=O)C(N)C(C)C. The lowest BCUT2D eigenvalue weighted by Crippen LogP contribution is -2.50. The highest BCUT2D eigenvalue weighted by molar-refractivity contribution is 7.80. The molecule has 0 aliphatic rings. The molecule has 0 heterocycles. The monoisotopic (exact) mass is 261 g/mol. The molecule has 2 unspecified atom stereocenters. The predicted molar refractivity (Wildman–Crippen MR) is 72.7 cm³/mol. The van der Waals surface area contributed by atoms with Crippen molar-refractivity contribution in [2.45, 2.75) is 25.9 Å². The van der Waals surface area contributed by atoms with E-state index in [0.717, 1.165) is 0 Å². The molecular formula is C11H23N3O2S. The molecule has 6 heteroatoms. The number of hydrogen-bond acceptors (Lipinski definition) is 5.